The highest BCUT2D eigenvalue weighted by Crippen LogP contribution is 2.32. The molecule has 25 heavy (non-hydrogen) atoms. The van der Waals surface area contributed by atoms with Crippen LogP contribution in [0.1, 0.15) is 35.6 Å². The summed E-state index contributed by atoms with van der Waals surface area (Å²) < 4.78 is 13.4. The van der Waals surface area contributed by atoms with Crippen molar-refractivity contribution in [2.75, 3.05) is 26.9 Å². The molecule has 1 atom stereocenters. The molecule has 1 fully saturated rings. The summed E-state index contributed by atoms with van der Waals surface area (Å²) in [5.41, 5.74) is 3.96. The number of aromatic nitrogens is 2. The van der Waals surface area contributed by atoms with Crippen LogP contribution in [0.25, 0.3) is 0 Å². The van der Waals surface area contributed by atoms with Crippen LogP contribution in [-0.2, 0) is 24.9 Å². The Labute approximate surface area is 149 Å². The average molecular weight is 341 g/mol. The number of hydrogen-bond acceptors (Lipinski definition) is 4. The third-order valence-corrected chi connectivity index (χ3v) is 5.23. The SMILES string of the molecule is COc1cccc(CN2Cc3cnn(C)c3[C@H](COCC3CC3)C2)c1. The molecule has 0 amide bonds. The van der Waals surface area contributed by atoms with E-state index in [1.807, 2.05) is 24.0 Å². The molecule has 2 aliphatic rings. The van der Waals surface area contributed by atoms with Crippen molar-refractivity contribution >= 4 is 0 Å². The normalized spacial score (nSPS) is 20.5. The average Bonchev–Trinajstić information content (AvgIpc) is 3.37. The second-order valence-corrected chi connectivity index (χ2v) is 7.38. The first-order chi connectivity index (χ1) is 12.2. The van der Waals surface area contributed by atoms with E-state index in [0.29, 0.717) is 5.92 Å². The fourth-order valence-electron chi connectivity index (χ4n) is 3.79. The summed E-state index contributed by atoms with van der Waals surface area (Å²) in [7, 11) is 3.76. The fourth-order valence-corrected chi connectivity index (χ4v) is 3.79. The number of fused-ring (bicyclic) bond motifs is 1. The van der Waals surface area contributed by atoms with Gasteiger partial charge in [0.25, 0.3) is 0 Å². The van der Waals surface area contributed by atoms with Crippen LogP contribution in [0.5, 0.6) is 5.75 Å². The number of aryl methyl sites for hydroxylation is 1. The van der Waals surface area contributed by atoms with E-state index in [9.17, 15) is 0 Å². The fraction of sp³-hybridized carbons (Fsp3) is 0.550. The molecule has 5 heteroatoms. The van der Waals surface area contributed by atoms with E-state index in [1.165, 1.54) is 29.7 Å². The van der Waals surface area contributed by atoms with E-state index in [-0.39, 0.29) is 0 Å². The second-order valence-electron chi connectivity index (χ2n) is 7.38. The van der Waals surface area contributed by atoms with Gasteiger partial charge in [0.15, 0.2) is 0 Å². The zero-order chi connectivity index (χ0) is 17.2. The summed E-state index contributed by atoms with van der Waals surface area (Å²) in [6, 6.07) is 8.34. The lowest BCUT2D eigenvalue weighted by atomic mass is 9.96. The van der Waals surface area contributed by atoms with Crippen LogP contribution in [0.15, 0.2) is 30.5 Å². The standard InChI is InChI=1S/C20H27N3O2/c1-22-20-17(9-21-22)11-23(10-16-4-3-5-19(8-16)24-2)12-18(20)14-25-13-15-6-7-15/h3-5,8-9,15,18H,6-7,10-14H2,1-2H3/t18-/m0/s1. The maximum Gasteiger partial charge on any atom is 0.119 e. The molecule has 1 aliphatic heterocycles. The smallest absolute Gasteiger partial charge is 0.119 e. The lowest BCUT2D eigenvalue weighted by Gasteiger charge is -2.33. The van der Waals surface area contributed by atoms with Gasteiger partial charge in [-0.25, -0.2) is 0 Å². The van der Waals surface area contributed by atoms with Crippen LogP contribution in [0, 0.1) is 5.92 Å². The first-order valence-corrected chi connectivity index (χ1v) is 9.16. The van der Waals surface area contributed by atoms with Gasteiger partial charge in [-0.1, -0.05) is 12.1 Å². The Morgan fingerprint density at radius 1 is 1.24 bits per heavy atom. The van der Waals surface area contributed by atoms with Crippen molar-refractivity contribution in [3.05, 3.63) is 47.3 Å². The maximum atomic E-state index is 6.03. The van der Waals surface area contributed by atoms with Crippen molar-refractivity contribution in [1.29, 1.82) is 0 Å². The van der Waals surface area contributed by atoms with Crippen LogP contribution in [0.2, 0.25) is 0 Å². The molecule has 0 spiro atoms. The van der Waals surface area contributed by atoms with Crippen molar-refractivity contribution in [1.82, 2.24) is 14.7 Å². The summed E-state index contributed by atoms with van der Waals surface area (Å²) in [5.74, 6) is 2.11. The molecule has 1 aromatic heterocycles. The van der Waals surface area contributed by atoms with Crippen LogP contribution in [0.4, 0.5) is 0 Å². The Balaban J connectivity index is 1.46. The molecule has 0 unspecified atom stereocenters. The van der Waals surface area contributed by atoms with Crippen molar-refractivity contribution in [3.63, 3.8) is 0 Å². The quantitative estimate of drug-likeness (QED) is 0.776. The Kier molecular flexibility index (Phi) is 4.77. The minimum atomic E-state index is 0.389. The van der Waals surface area contributed by atoms with E-state index in [1.54, 1.807) is 7.11 Å². The van der Waals surface area contributed by atoms with Gasteiger partial charge in [0.05, 0.1) is 19.9 Å². The van der Waals surface area contributed by atoms with Gasteiger partial charge in [-0.3, -0.25) is 9.58 Å². The van der Waals surface area contributed by atoms with E-state index in [2.05, 4.69) is 28.2 Å². The van der Waals surface area contributed by atoms with Crippen molar-refractivity contribution in [2.45, 2.75) is 31.8 Å². The highest BCUT2D eigenvalue weighted by atomic mass is 16.5. The van der Waals surface area contributed by atoms with E-state index < -0.39 is 0 Å². The Morgan fingerprint density at radius 2 is 2.12 bits per heavy atom. The van der Waals surface area contributed by atoms with Gasteiger partial charge in [-0.15, -0.1) is 0 Å². The number of nitrogens with zero attached hydrogens (tertiary/aromatic N) is 3. The molecule has 0 bridgehead atoms. The third kappa shape index (κ3) is 3.88. The monoisotopic (exact) mass is 341 g/mol. The lowest BCUT2D eigenvalue weighted by Crippen LogP contribution is -2.35. The molecule has 2 aromatic rings. The van der Waals surface area contributed by atoms with Crippen LogP contribution < -0.4 is 4.74 Å². The zero-order valence-electron chi connectivity index (χ0n) is 15.1. The minimum absolute atomic E-state index is 0.389. The first-order valence-electron chi connectivity index (χ1n) is 9.16. The molecule has 1 saturated carbocycles. The zero-order valence-corrected chi connectivity index (χ0v) is 15.1. The van der Waals surface area contributed by atoms with E-state index in [4.69, 9.17) is 9.47 Å². The summed E-state index contributed by atoms with van der Waals surface area (Å²) in [5, 5.41) is 4.49. The second kappa shape index (κ2) is 7.18. The summed E-state index contributed by atoms with van der Waals surface area (Å²) in [6.45, 7) is 4.58. The molecule has 4 rings (SSSR count). The van der Waals surface area contributed by atoms with Crippen molar-refractivity contribution in [3.8, 4) is 5.75 Å². The molecule has 1 aliphatic carbocycles. The number of methoxy groups -OCH3 is 1. The van der Waals surface area contributed by atoms with Gasteiger partial charge < -0.3 is 9.47 Å². The molecular formula is C20H27N3O2. The number of benzene rings is 1. The Morgan fingerprint density at radius 3 is 2.92 bits per heavy atom. The van der Waals surface area contributed by atoms with Gasteiger partial charge in [-0.05, 0) is 36.5 Å². The minimum Gasteiger partial charge on any atom is -0.497 e. The highest BCUT2D eigenvalue weighted by Gasteiger charge is 2.30. The lowest BCUT2D eigenvalue weighted by molar-refractivity contribution is 0.0870. The largest absolute Gasteiger partial charge is 0.497 e. The summed E-state index contributed by atoms with van der Waals surface area (Å²) >= 11 is 0. The molecule has 0 saturated heterocycles. The first kappa shape index (κ1) is 16.6. The van der Waals surface area contributed by atoms with Crippen LogP contribution in [-0.4, -0.2) is 41.5 Å². The van der Waals surface area contributed by atoms with Gasteiger partial charge in [0.2, 0.25) is 0 Å². The van der Waals surface area contributed by atoms with E-state index in [0.717, 1.165) is 44.5 Å². The summed E-state index contributed by atoms with van der Waals surface area (Å²) in [4.78, 5) is 2.49. The van der Waals surface area contributed by atoms with Gasteiger partial charge in [0, 0.05) is 50.5 Å². The predicted octanol–water partition coefficient (Wildman–Crippen LogP) is 2.95. The Hall–Kier alpha value is -1.85. The van der Waals surface area contributed by atoms with E-state index >= 15 is 0 Å². The number of hydrogen-bond donors (Lipinski definition) is 0. The molecule has 1 aromatic carbocycles. The molecule has 0 N–H and O–H groups in total. The molecule has 0 radical (unpaired) electrons. The topological polar surface area (TPSA) is 39.5 Å². The van der Waals surface area contributed by atoms with Crippen LogP contribution >= 0.6 is 0 Å². The van der Waals surface area contributed by atoms with Gasteiger partial charge in [-0.2, -0.15) is 5.10 Å². The predicted molar refractivity (Wildman–Crippen MR) is 96.6 cm³/mol. The number of rotatable bonds is 7. The van der Waals surface area contributed by atoms with Gasteiger partial charge >= 0.3 is 0 Å². The van der Waals surface area contributed by atoms with Crippen molar-refractivity contribution < 1.29 is 9.47 Å². The maximum absolute atomic E-state index is 6.03. The summed E-state index contributed by atoms with van der Waals surface area (Å²) in [6.07, 6.45) is 4.69. The highest BCUT2D eigenvalue weighted by molar-refractivity contribution is 5.29. The number of ether oxygens (including phenoxy) is 2. The Bertz CT molecular complexity index is 723. The van der Waals surface area contributed by atoms with Crippen molar-refractivity contribution in [2.24, 2.45) is 13.0 Å². The third-order valence-electron chi connectivity index (χ3n) is 5.23. The molecule has 134 valence electrons. The molecule has 5 nitrogen and oxygen atoms in total. The molecule has 2 heterocycles. The molecular weight excluding hydrogens is 314 g/mol. The van der Waals surface area contributed by atoms with Gasteiger partial charge in [0.1, 0.15) is 5.75 Å². The van der Waals surface area contributed by atoms with Crippen LogP contribution in [0.3, 0.4) is 0 Å².